The molecule has 9 heteroatoms. The van der Waals surface area contributed by atoms with Gasteiger partial charge in [0.2, 0.25) is 0 Å². The van der Waals surface area contributed by atoms with Crippen LogP contribution in [0.5, 0.6) is 5.75 Å². The maximum atomic E-state index is 12.5. The van der Waals surface area contributed by atoms with Gasteiger partial charge in [-0.2, -0.15) is 8.78 Å². The Morgan fingerprint density at radius 1 is 1.36 bits per heavy atom. The van der Waals surface area contributed by atoms with Gasteiger partial charge in [-0.05, 0) is 25.8 Å². The number of nitrogens with zero attached hydrogens (tertiary/aromatic N) is 1. The van der Waals surface area contributed by atoms with Gasteiger partial charge < -0.3 is 24.8 Å². The van der Waals surface area contributed by atoms with Crippen LogP contribution in [0, 0.1) is 12.8 Å². The molecular formula is C19H30F2IN3O3. The first-order valence-electron chi connectivity index (χ1n) is 9.23. The van der Waals surface area contributed by atoms with Crippen molar-refractivity contribution in [1.82, 2.24) is 10.6 Å². The van der Waals surface area contributed by atoms with Gasteiger partial charge in [0.15, 0.2) is 5.96 Å². The summed E-state index contributed by atoms with van der Waals surface area (Å²) in [5.41, 5.74) is 1.63. The molecule has 1 aliphatic heterocycles. The number of halogens is 3. The fourth-order valence-corrected chi connectivity index (χ4v) is 2.80. The molecule has 0 saturated carbocycles. The standard InChI is InChI=1S/C19H29F2N3O3.HI/c1-14-4-5-17(27-18(20)21)16(10-14)11-24-19(22-2)23-7-3-8-25-12-15-6-9-26-13-15;/h4-5,10,15,18H,3,6-9,11-13H2,1-2H3,(H2,22,23,24);1H. The minimum atomic E-state index is -2.85. The van der Waals surface area contributed by atoms with Gasteiger partial charge in [0.25, 0.3) is 0 Å². The Kier molecular flexibility index (Phi) is 12.3. The van der Waals surface area contributed by atoms with E-state index in [0.717, 1.165) is 38.2 Å². The number of aliphatic imine (C=N–C) groups is 1. The van der Waals surface area contributed by atoms with Crippen molar-refractivity contribution in [2.45, 2.75) is 32.9 Å². The summed E-state index contributed by atoms with van der Waals surface area (Å²) in [5.74, 6) is 1.29. The Morgan fingerprint density at radius 2 is 2.18 bits per heavy atom. The molecule has 0 amide bonds. The minimum Gasteiger partial charge on any atom is -0.434 e. The van der Waals surface area contributed by atoms with Crippen molar-refractivity contribution in [3.8, 4) is 5.75 Å². The number of hydrogen-bond donors (Lipinski definition) is 2. The predicted octanol–water partition coefficient (Wildman–Crippen LogP) is 3.32. The third kappa shape index (κ3) is 9.33. The van der Waals surface area contributed by atoms with E-state index in [9.17, 15) is 8.78 Å². The van der Waals surface area contributed by atoms with Gasteiger partial charge in [-0.15, -0.1) is 24.0 Å². The van der Waals surface area contributed by atoms with E-state index in [1.807, 2.05) is 13.0 Å². The van der Waals surface area contributed by atoms with Crippen LogP contribution >= 0.6 is 24.0 Å². The average molecular weight is 513 g/mol. The van der Waals surface area contributed by atoms with Crippen molar-refractivity contribution < 1.29 is 23.0 Å². The molecule has 1 atom stereocenters. The van der Waals surface area contributed by atoms with Crippen LogP contribution in [0.3, 0.4) is 0 Å². The fourth-order valence-electron chi connectivity index (χ4n) is 2.80. The van der Waals surface area contributed by atoms with Crippen molar-refractivity contribution in [3.05, 3.63) is 29.3 Å². The minimum absolute atomic E-state index is 0. The van der Waals surface area contributed by atoms with Crippen LogP contribution in [0.2, 0.25) is 0 Å². The van der Waals surface area contributed by atoms with E-state index in [4.69, 9.17) is 9.47 Å². The van der Waals surface area contributed by atoms with Crippen molar-refractivity contribution in [1.29, 1.82) is 0 Å². The lowest BCUT2D eigenvalue weighted by Gasteiger charge is -2.15. The van der Waals surface area contributed by atoms with Crippen LogP contribution in [-0.4, -0.2) is 52.6 Å². The highest BCUT2D eigenvalue weighted by Crippen LogP contribution is 2.21. The first kappa shape index (κ1) is 24.8. The number of benzene rings is 1. The highest BCUT2D eigenvalue weighted by Gasteiger charge is 2.15. The molecule has 1 heterocycles. The summed E-state index contributed by atoms with van der Waals surface area (Å²) in [6, 6.07) is 5.12. The van der Waals surface area contributed by atoms with Gasteiger partial charge in [0, 0.05) is 44.8 Å². The summed E-state index contributed by atoms with van der Waals surface area (Å²) in [6.45, 7) is 3.14. The molecule has 0 aromatic heterocycles. The van der Waals surface area contributed by atoms with Gasteiger partial charge in [0.05, 0.1) is 13.2 Å². The normalized spacial score (nSPS) is 16.8. The molecule has 6 nitrogen and oxygen atoms in total. The topological polar surface area (TPSA) is 64.1 Å². The molecule has 2 N–H and O–H groups in total. The van der Waals surface area contributed by atoms with E-state index in [0.29, 0.717) is 37.1 Å². The van der Waals surface area contributed by atoms with Crippen LogP contribution in [0.15, 0.2) is 23.2 Å². The lowest BCUT2D eigenvalue weighted by molar-refractivity contribution is -0.0504. The van der Waals surface area contributed by atoms with E-state index < -0.39 is 6.61 Å². The second-order valence-corrected chi connectivity index (χ2v) is 6.50. The molecule has 0 aliphatic carbocycles. The number of aryl methyl sites for hydroxylation is 1. The van der Waals surface area contributed by atoms with Gasteiger partial charge in [-0.1, -0.05) is 17.7 Å². The van der Waals surface area contributed by atoms with Crippen molar-refractivity contribution in [2.75, 3.05) is 40.0 Å². The summed E-state index contributed by atoms with van der Waals surface area (Å²) < 4.78 is 40.6. The fraction of sp³-hybridized carbons (Fsp3) is 0.632. The van der Waals surface area contributed by atoms with Crippen molar-refractivity contribution in [3.63, 3.8) is 0 Å². The lowest BCUT2D eigenvalue weighted by Crippen LogP contribution is -2.37. The van der Waals surface area contributed by atoms with Gasteiger partial charge in [-0.3, -0.25) is 4.99 Å². The number of guanidine groups is 1. The Bertz CT molecular complexity index is 600. The summed E-state index contributed by atoms with van der Waals surface area (Å²) in [6.07, 6.45) is 1.92. The second kappa shape index (κ2) is 13.9. The molecule has 1 unspecified atom stereocenters. The number of rotatable bonds is 10. The summed E-state index contributed by atoms with van der Waals surface area (Å²) in [7, 11) is 1.67. The zero-order valence-corrected chi connectivity index (χ0v) is 18.7. The maximum absolute atomic E-state index is 12.5. The number of nitrogens with one attached hydrogen (secondary N) is 2. The van der Waals surface area contributed by atoms with E-state index in [2.05, 4.69) is 20.4 Å². The molecule has 1 aliphatic rings. The molecule has 0 bridgehead atoms. The zero-order chi connectivity index (χ0) is 19.5. The third-order valence-corrected chi connectivity index (χ3v) is 4.24. The Labute approximate surface area is 182 Å². The Balaban J connectivity index is 0.00000392. The molecule has 0 spiro atoms. The van der Waals surface area contributed by atoms with Gasteiger partial charge in [0.1, 0.15) is 5.75 Å². The molecule has 1 aromatic rings. The summed E-state index contributed by atoms with van der Waals surface area (Å²) in [4.78, 5) is 4.15. The highest BCUT2D eigenvalue weighted by molar-refractivity contribution is 14.0. The molecular weight excluding hydrogens is 483 g/mol. The third-order valence-electron chi connectivity index (χ3n) is 4.24. The number of ether oxygens (including phenoxy) is 3. The summed E-state index contributed by atoms with van der Waals surface area (Å²) in [5, 5.41) is 6.31. The smallest absolute Gasteiger partial charge is 0.387 e. The largest absolute Gasteiger partial charge is 0.434 e. The zero-order valence-electron chi connectivity index (χ0n) is 16.4. The SMILES string of the molecule is CN=C(NCCCOCC1CCOC1)NCc1cc(C)ccc1OC(F)F.I. The van der Waals surface area contributed by atoms with Crippen molar-refractivity contribution >= 4 is 29.9 Å². The number of hydrogen-bond acceptors (Lipinski definition) is 4. The Hall–Kier alpha value is -1.20. The monoisotopic (exact) mass is 513 g/mol. The van der Waals surface area contributed by atoms with E-state index in [1.54, 1.807) is 19.2 Å². The molecule has 1 fully saturated rings. The van der Waals surface area contributed by atoms with Crippen LogP contribution < -0.4 is 15.4 Å². The first-order chi connectivity index (χ1) is 13.1. The maximum Gasteiger partial charge on any atom is 0.387 e. The van der Waals surface area contributed by atoms with Crippen LogP contribution in [0.25, 0.3) is 0 Å². The molecule has 160 valence electrons. The van der Waals surface area contributed by atoms with E-state index in [1.165, 1.54) is 0 Å². The molecule has 1 aromatic carbocycles. The van der Waals surface area contributed by atoms with Crippen molar-refractivity contribution in [2.24, 2.45) is 10.9 Å². The van der Waals surface area contributed by atoms with E-state index in [-0.39, 0.29) is 29.7 Å². The number of alkyl halides is 2. The quantitative estimate of drug-likeness (QED) is 0.218. The van der Waals surface area contributed by atoms with Crippen LogP contribution in [-0.2, 0) is 16.0 Å². The van der Waals surface area contributed by atoms with Crippen LogP contribution in [0.4, 0.5) is 8.78 Å². The summed E-state index contributed by atoms with van der Waals surface area (Å²) >= 11 is 0. The van der Waals surface area contributed by atoms with Gasteiger partial charge in [-0.25, -0.2) is 0 Å². The first-order valence-corrected chi connectivity index (χ1v) is 9.23. The second-order valence-electron chi connectivity index (χ2n) is 6.50. The highest BCUT2D eigenvalue weighted by atomic mass is 127. The molecule has 0 radical (unpaired) electrons. The lowest BCUT2D eigenvalue weighted by atomic mass is 10.1. The molecule has 2 rings (SSSR count). The van der Waals surface area contributed by atoms with Gasteiger partial charge >= 0.3 is 6.61 Å². The van der Waals surface area contributed by atoms with Crippen LogP contribution in [0.1, 0.15) is 24.0 Å². The molecule has 1 saturated heterocycles. The average Bonchev–Trinajstić information content (AvgIpc) is 3.15. The Morgan fingerprint density at radius 3 is 2.86 bits per heavy atom. The molecule has 28 heavy (non-hydrogen) atoms. The van der Waals surface area contributed by atoms with E-state index >= 15 is 0 Å². The predicted molar refractivity (Wildman–Crippen MR) is 116 cm³/mol.